The van der Waals surface area contributed by atoms with Crippen molar-refractivity contribution in [2.24, 2.45) is 13.0 Å². The number of anilines is 1. The Morgan fingerprint density at radius 2 is 2.04 bits per heavy atom. The number of aromatic nitrogens is 5. The zero-order valence-corrected chi connectivity index (χ0v) is 15.0. The average molecular weight is 343 g/mol. The third-order valence-corrected chi connectivity index (χ3v) is 4.33. The summed E-state index contributed by atoms with van der Waals surface area (Å²) in [4.78, 5) is 27.4. The first-order valence-electron chi connectivity index (χ1n) is 8.76. The Hall–Kier alpha value is -2.51. The minimum absolute atomic E-state index is 0.0426. The van der Waals surface area contributed by atoms with Crippen molar-refractivity contribution in [3.05, 3.63) is 30.2 Å². The van der Waals surface area contributed by atoms with Crippen LogP contribution in [0, 0.1) is 5.92 Å². The molecule has 0 radical (unpaired) electrons. The zero-order valence-electron chi connectivity index (χ0n) is 15.0. The molecule has 0 saturated carbocycles. The first-order chi connectivity index (χ1) is 12.0. The van der Waals surface area contributed by atoms with Crippen LogP contribution < -0.4 is 5.32 Å². The summed E-state index contributed by atoms with van der Waals surface area (Å²) in [6.45, 7) is 5.91. The van der Waals surface area contributed by atoms with Gasteiger partial charge in [-0.25, -0.2) is 9.97 Å². The first-order valence-corrected chi connectivity index (χ1v) is 8.76. The molecule has 8 heteroatoms. The van der Waals surface area contributed by atoms with Crippen molar-refractivity contribution >= 4 is 11.7 Å². The van der Waals surface area contributed by atoms with Crippen LogP contribution in [0.15, 0.2) is 18.7 Å². The van der Waals surface area contributed by atoms with Crippen LogP contribution in [0.25, 0.3) is 0 Å². The van der Waals surface area contributed by atoms with Gasteiger partial charge in [-0.15, -0.1) is 0 Å². The molecule has 1 saturated heterocycles. The number of hydrogen-bond donors (Lipinski definition) is 1. The minimum Gasteiger partial charge on any atom is -0.359 e. The minimum atomic E-state index is -0.0484. The Balaban J connectivity index is 1.79. The van der Waals surface area contributed by atoms with E-state index in [1.807, 2.05) is 11.9 Å². The summed E-state index contributed by atoms with van der Waals surface area (Å²) in [7, 11) is 1.87. The van der Waals surface area contributed by atoms with Gasteiger partial charge in [0.25, 0.3) is 5.91 Å². The smallest absolute Gasteiger partial charge is 0.274 e. The van der Waals surface area contributed by atoms with Gasteiger partial charge in [0.05, 0.1) is 18.4 Å². The van der Waals surface area contributed by atoms with Gasteiger partial charge in [-0.05, 0) is 25.2 Å². The Kier molecular flexibility index (Phi) is 5.25. The molecule has 1 unspecified atom stereocenters. The van der Waals surface area contributed by atoms with Crippen LogP contribution in [0.5, 0.6) is 0 Å². The van der Waals surface area contributed by atoms with Crippen LogP contribution in [-0.2, 0) is 7.05 Å². The van der Waals surface area contributed by atoms with Gasteiger partial charge in [-0.2, -0.15) is 5.10 Å². The fraction of sp³-hybridized carbons (Fsp3) is 0.588. The number of nitrogens with one attached hydrogen (secondary N) is 1. The molecule has 1 N–H and O–H groups in total. The number of nitrogens with zero attached hydrogens (tertiary/aromatic N) is 6. The Morgan fingerprint density at radius 3 is 2.68 bits per heavy atom. The van der Waals surface area contributed by atoms with Crippen molar-refractivity contribution in [1.29, 1.82) is 0 Å². The summed E-state index contributed by atoms with van der Waals surface area (Å²) in [6.07, 6.45) is 7.71. The second kappa shape index (κ2) is 7.58. The van der Waals surface area contributed by atoms with Crippen LogP contribution in [0.3, 0.4) is 0 Å². The van der Waals surface area contributed by atoms with Gasteiger partial charge < -0.3 is 10.2 Å². The number of carbonyl (C=O) groups is 1. The number of aryl methyl sites for hydroxylation is 1. The van der Waals surface area contributed by atoms with E-state index >= 15 is 0 Å². The van der Waals surface area contributed by atoms with Crippen molar-refractivity contribution < 1.29 is 4.79 Å². The highest BCUT2D eigenvalue weighted by molar-refractivity contribution is 5.92. The lowest BCUT2D eigenvalue weighted by Crippen LogP contribution is -2.29. The lowest BCUT2D eigenvalue weighted by Gasteiger charge is -2.21. The molecule has 0 bridgehead atoms. The van der Waals surface area contributed by atoms with Crippen LogP contribution in [-0.4, -0.2) is 48.6 Å². The molecule has 3 heterocycles. The molecular formula is C17H25N7O. The van der Waals surface area contributed by atoms with E-state index < -0.39 is 0 Å². The summed E-state index contributed by atoms with van der Waals surface area (Å²) < 4.78 is 1.76. The Bertz CT molecular complexity index is 721. The fourth-order valence-corrected chi connectivity index (χ4v) is 3.12. The quantitative estimate of drug-likeness (QED) is 0.863. The molecule has 2 aromatic heterocycles. The van der Waals surface area contributed by atoms with E-state index in [-0.39, 0.29) is 11.9 Å². The van der Waals surface area contributed by atoms with E-state index in [4.69, 9.17) is 0 Å². The molecule has 1 amide bonds. The molecule has 0 aromatic carbocycles. The second-order valence-corrected chi connectivity index (χ2v) is 6.86. The predicted molar refractivity (Wildman–Crippen MR) is 94.0 cm³/mol. The normalized spacial score (nSPS) is 15.6. The standard InChI is InChI=1S/C17H25N7O/c1-12(2)8-13(16-19-11-20-23(16)3)21-15-10-18-9-14(22-15)17(25)24-6-4-5-7-24/h9-13H,4-8H2,1-3H3,(H,21,22). The maximum Gasteiger partial charge on any atom is 0.274 e. The molecule has 1 aliphatic heterocycles. The Labute approximate surface area is 147 Å². The molecule has 0 aliphatic carbocycles. The molecule has 2 aromatic rings. The van der Waals surface area contributed by atoms with Crippen molar-refractivity contribution in [3.63, 3.8) is 0 Å². The number of amides is 1. The number of likely N-dealkylation sites (tertiary alicyclic amines) is 1. The van der Waals surface area contributed by atoms with E-state index in [0.717, 1.165) is 38.2 Å². The third kappa shape index (κ3) is 4.12. The molecule has 3 rings (SSSR count). The lowest BCUT2D eigenvalue weighted by atomic mass is 10.0. The molecular weight excluding hydrogens is 318 g/mol. The van der Waals surface area contributed by atoms with E-state index in [2.05, 4.69) is 39.2 Å². The molecule has 8 nitrogen and oxygen atoms in total. The maximum absolute atomic E-state index is 12.5. The van der Waals surface area contributed by atoms with Crippen LogP contribution >= 0.6 is 0 Å². The summed E-state index contributed by atoms with van der Waals surface area (Å²) in [5, 5.41) is 7.52. The van der Waals surface area contributed by atoms with Gasteiger partial charge in [0.2, 0.25) is 0 Å². The molecule has 1 fully saturated rings. The largest absolute Gasteiger partial charge is 0.359 e. The SMILES string of the molecule is CC(C)CC(Nc1cncc(C(=O)N2CCCC2)n1)c1ncnn1C. The van der Waals surface area contributed by atoms with Crippen molar-refractivity contribution in [3.8, 4) is 0 Å². The van der Waals surface area contributed by atoms with E-state index in [1.165, 1.54) is 6.20 Å². The third-order valence-electron chi connectivity index (χ3n) is 4.33. The average Bonchev–Trinajstić information content (AvgIpc) is 3.25. The summed E-state index contributed by atoms with van der Waals surface area (Å²) in [5.74, 6) is 1.84. The summed E-state index contributed by atoms with van der Waals surface area (Å²) >= 11 is 0. The monoisotopic (exact) mass is 343 g/mol. The van der Waals surface area contributed by atoms with Crippen molar-refractivity contribution in [1.82, 2.24) is 29.6 Å². The van der Waals surface area contributed by atoms with Crippen molar-refractivity contribution in [2.75, 3.05) is 18.4 Å². The zero-order chi connectivity index (χ0) is 17.8. The van der Waals surface area contributed by atoms with Gasteiger partial charge in [0.1, 0.15) is 23.7 Å². The highest BCUT2D eigenvalue weighted by Crippen LogP contribution is 2.23. The lowest BCUT2D eigenvalue weighted by molar-refractivity contribution is 0.0786. The molecule has 1 aliphatic rings. The number of hydrogen-bond acceptors (Lipinski definition) is 6. The number of carbonyl (C=O) groups excluding carboxylic acids is 1. The van der Waals surface area contributed by atoms with E-state index in [9.17, 15) is 4.79 Å². The van der Waals surface area contributed by atoms with Crippen LogP contribution in [0.4, 0.5) is 5.82 Å². The molecule has 134 valence electrons. The Morgan fingerprint density at radius 1 is 1.28 bits per heavy atom. The van der Waals surface area contributed by atoms with E-state index in [1.54, 1.807) is 17.2 Å². The predicted octanol–water partition coefficient (Wildman–Crippen LogP) is 2.04. The topological polar surface area (TPSA) is 88.8 Å². The molecule has 25 heavy (non-hydrogen) atoms. The second-order valence-electron chi connectivity index (χ2n) is 6.86. The summed E-state index contributed by atoms with van der Waals surface area (Å²) in [5.41, 5.74) is 0.383. The van der Waals surface area contributed by atoms with Gasteiger partial charge >= 0.3 is 0 Å². The van der Waals surface area contributed by atoms with Gasteiger partial charge in [0, 0.05) is 20.1 Å². The van der Waals surface area contributed by atoms with Crippen LogP contribution in [0.2, 0.25) is 0 Å². The van der Waals surface area contributed by atoms with Gasteiger partial charge in [-0.3, -0.25) is 14.5 Å². The van der Waals surface area contributed by atoms with Gasteiger partial charge in [-0.1, -0.05) is 13.8 Å². The first kappa shape index (κ1) is 17.3. The highest BCUT2D eigenvalue weighted by Gasteiger charge is 2.23. The van der Waals surface area contributed by atoms with Gasteiger partial charge in [0.15, 0.2) is 0 Å². The molecule has 1 atom stereocenters. The highest BCUT2D eigenvalue weighted by atomic mass is 16.2. The van der Waals surface area contributed by atoms with Crippen LogP contribution in [0.1, 0.15) is 55.5 Å². The fourth-order valence-electron chi connectivity index (χ4n) is 3.12. The van der Waals surface area contributed by atoms with Crippen molar-refractivity contribution in [2.45, 2.75) is 39.2 Å². The van der Waals surface area contributed by atoms with E-state index in [0.29, 0.717) is 17.4 Å². The number of rotatable bonds is 6. The maximum atomic E-state index is 12.5. The summed E-state index contributed by atoms with van der Waals surface area (Å²) in [6, 6.07) is -0.0426. The molecule has 0 spiro atoms.